The number of carboxylic acid groups (broad SMARTS) is 1. The van der Waals surface area contributed by atoms with Crippen molar-refractivity contribution in [2.45, 2.75) is 19.8 Å². The van der Waals surface area contributed by atoms with Gasteiger partial charge in [-0.05, 0) is 18.6 Å². The molecule has 0 spiro atoms. The summed E-state index contributed by atoms with van der Waals surface area (Å²) in [6.45, 7) is 1.95. The highest BCUT2D eigenvalue weighted by molar-refractivity contribution is 5.97. The fourth-order valence-corrected chi connectivity index (χ4v) is 1.82. The number of rotatable bonds is 4. The Labute approximate surface area is 110 Å². The normalized spacial score (nSPS) is 10.4. The first-order chi connectivity index (χ1) is 9.13. The number of aromatic carboxylic acids is 1. The summed E-state index contributed by atoms with van der Waals surface area (Å²) < 4.78 is 1.32. The van der Waals surface area contributed by atoms with Gasteiger partial charge in [0.15, 0.2) is 5.69 Å². The molecule has 0 saturated heterocycles. The Morgan fingerprint density at radius 2 is 1.95 bits per heavy atom. The van der Waals surface area contributed by atoms with Crippen molar-refractivity contribution >= 4 is 11.9 Å². The molecular formula is C14H14N2O3. The lowest BCUT2D eigenvalue weighted by Crippen LogP contribution is -2.14. The van der Waals surface area contributed by atoms with Crippen LogP contribution in [-0.4, -0.2) is 26.5 Å². The predicted octanol–water partition coefficient (Wildman–Crippen LogP) is 2.22. The van der Waals surface area contributed by atoms with Crippen molar-refractivity contribution in [2.24, 2.45) is 0 Å². The van der Waals surface area contributed by atoms with Crippen LogP contribution in [0, 0.1) is 0 Å². The van der Waals surface area contributed by atoms with Crippen LogP contribution >= 0.6 is 0 Å². The van der Waals surface area contributed by atoms with Crippen LogP contribution in [0.1, 0.15) is 40.0 Å². The highest BCUT2D eigenvalue weighted by atomic mass is 16.4. The van der Waals surface area contributed by atoms with Gasteiger partial charge >= 0.3 is 5.97 Å². The van der Waals surface area contributed by atoms with Crippen LogP contribution in [0.4, 0.5) is 0 Å². The number of hydrogen-bond donors (Lipinski definition) is 1. The molecule has 2 rings (SSSR count). The molecule has 19 heavy (non-hydrogen) atoms. The Hall–Kier alpha value is -2.43. The lowest BCUT2D eigenvalue weighted by atomic mass is 10.2. The van der Waals surface area contributed by atoms with E-state index >= 15 is 0 Å². The molecule has 1 aromatic heterocycles. The molecule has 1 aromatic carbocycles. The molecule has 5 heteroatoms. The second kappa shape index (κ2) is 5.48. The van der Waals surface area contributed by atoms with E-state index in [0.717, 1.165) is 6.42 Å². The number of aromatic nitrogens is 2. The van der Waals surface area contributed by atoms with E-state index in [0.29, 0.717) is 17.8 Å². The fourth-order valence-electron chi connectivity index (χ4n) is 1.82. The third-order valence-electron chi connectivity index (χ3n) is 2.71. The van der Waals surface area contributed by atoms with Crippen molar-refractivity contribution in [1.29, 1.82) is 0 Å². The SMILES string of the molecule is CCCc1nc(C(=O)O)cn1C(=O)c1ccccc1. The quantitative estimate of drug-likeness (QED) is 0.912. The van der Waals surface area contributed by atoms with Crippen LogP contribution in [0.3, 0.4) is 0 Å². The number of aryl methyl sites for hydroxylation is 1. The van der Waals surface area contributed by atoms with Gasteiger partial charge in [-0.1, -0.05) is 25.1 Å². The Balaban J connectivity index is 2.43. The third-order valence-corrected chi connectivity index (χ3v) is 2.71. The number of carbonyl (C=O) groups is 2. The molecular weight excluding hydrogens is 244 g/mol. The van der Waals surface area contributed by atoms with E-state index in [1.807, 2.05) is 13.0 Å². The van der Waals surface area contributed by atoms with E-state index < -0.39 is 5.97 Å². The second-order valence-electron chi connectivity index (χ2n) is 4.14. The number of nitrogens with zero attached hydrogens (tertiary/aromatic N) is 2. The molecule has 0 unspecified atom stereocenters. The molecule has 98 valence electrons. The number of carboxylic acids is 1. The van der Waals surface area contributed by atoms with Crippen molar-refractivity contribution in [3.8, 4) is 0 Å². The lowest BCUT2D eigenvalue weighted by molar-refractivity contribution is 0.0691. The Morgan fingerprint density at radius 3 is 2.53 bits per heavy atom. The van der Waals surface area contributed by atoms with Crippen molar-refractivity contribution in [3.05, 3.63) is 53.6 Å². The monoisotopic (exact) mass is 258 g/mol. The maximum absolute atomic E-state index is 12.3. The number of hydrogen-bond acceptors (Lipinski definition) is 3. The van der Waals surface area contributed by atoms with E-state index in [9.17, 15) is 9.59 Å². The predicted molar refractivity (Wildman–Crippen MR) is 69.4 cm³/mol. The molecule has 1 heterocycles. The van der Waals surface area contributed by atoms with Crippen molar-refractivity contribution in [1.82, 2.24) is 9.55 Å². The average molecular weight is 258 g/mol. The summed E-state index contributed by atoms with van der Waals surface area (Å²) in [5.74, 6) is -0.908. The van der Waals surface area contributed by atoms with Crippen LogP contribution in [0.15, 0.2) is 36.5 Å². The van der Waals surface area contributed by atoms with Gasteiger partial charge in [0.2, 0.25) is 0 Å². The molecule has 0 aliphatic heterocycles. The molecule has 0 bridgehead atoms. The summed E-state index contributed by atoms with van der Waals surface area (Å²) >= 11 is 0. The number of benzene rings is 1. The summed E-state index contributed by atoms with van der Waals surface area (Å²) in [7, 11) is 0. The molecule has 0 fully saturated rings. The maximum Gasteiger partial charge on any atom is 0.356 e. The molecule has 0 aliphatic carbocycles. The molecule has 0 amide bonds. The standard InChI is InChI=1S/C14H14N2O3/c1-2-6-12-15-11(14(18)19)9-16(12)13(17)10-7-4-3-5-8-10/h3-5,7-9H,2,6H2,1H3,(H,18,19). The van der Waals surface area contributed by atoms with Crippen molar-refractivity contribution in [3.63, 3.8) is 0 Å². The minimum Gasteiger partial charge on any atom is -0.476 e. The summed E-state index contributed by atoms with van der Waals surface area (Å²) in [5, 5.41) is 8.96. The highest BCUT2D eigenvalue weighted by Crippen LogP contribution is 2.10. The van der Waals surface area contributed by atoms with Crippen molar-refractivity contribution < 1.29 is 14.7 Å². The highest BCUT2D eigenvalue weighted by Gasteiger charge is 2.18. The van der Waals surface area contributed by atoms with E-state index in [1.54, 1.807) is 24.3 Å². The van der Waals surface area contributed by atoms with Gasteiger partial charge in [0.1, 0.15) is 5.82 Å². The van der Waals surface area contributed by atoms with E-state index in [-0.39, 0.29) is 11.6 Å². The third kappa shape index (κ3) is 2.70. The first-order valence-electron chi connectivity index (χ1n) is 6.04. The number of imidazole rings is 1. The van der Waals surface area contributed by atoms with E-state index in [2.05, 4.69) is 4.98 Å². The summed E-state index contributed by atoms with van der Waals surface area (Å²) in [6.07, 6.45) is 2.63. The smallest absolute Gasteiger partial charge is 0.356 e. The summed E-state index contributed by atoms with van der Waals surface area (Å²) in [5.41, 5.74) is 0.405. The van der Waals surface area contributed by atoms with E-state index in [1.165, 1.54) is 10.8 Å². The average Bonchev–Trinajstić information content (AvgIpc) is 2.84. The zero-order valence-electron chi connectivity index (χ0n) is 10.5. The lowest BCUT2D eigenvalue weighted by Gasteiger charge is -2.05. The first-order valence-corrected chi connectivity index (χ1v) is 6.04. The molecule has 2 aromatic rings. The molecule has 0 aliphatic rings. The van der Waals surface area contributed by atoms with Gasteiger partial charge in [-0.15, -0.1) is 0 Å². The fraction of sp³-hybridized carbons (Fsp3) is 0.214. The van der Waals surface area contributed by atoms with Gasteiger partial charge in [0.25, 0.3) is 5.91 Å². The first kappa shape index (κ1) is 13.0. The largest absolute Gasteiger partial charge is 0.476 e. The summed E-state index contributed by atoms with van der Waals surface area (Å²) in [6, 6.07) is 8.74. The molecule has 5 nitrogen and oxygen atoms in total. The molecule has 1 N–H and O–H groups in total. The minimum absolute atomic E-state index is 0.104. The van der Waals surface area contributed by atoms with E-state index in [4.69, 9.17) is 5.11 Å². The van der Waals surface area contributed by atoms with Crippen LogP contribution in [0.2, 0.25) is 0 Å². The van der Waals surface area contributed by atoms with Crippen LogP contribution in [0.25, 0.3) is 0 Å². The zero-order valence-corrected chi connectivity index (χ0v) is 10.5. The summed E-state index contributed by atoms with van der Waals surface area (Å²) in [4.78, 5) is 27.2. The van der Waals surface area contributed by atoms with Gasteiger partial charge in [-0.2, -0.15) is 0 Å². The zero-order chi connectivity index (χ0) is 13.8. The van der Waals surface area contributed by atoms with Crippen molar-refractivity contribution in [2.75, 3.05) is 0 Å². The number of carbonyl (C=O) groups excluding carboxylic acids is 1. The van der Waals surface area contributed by atoms with Gasteiger partial charge in [-0.25, -0.2) is 9.78 Å². The topological polar surface area (TPSA) is 72.2 Å². The van der Waals surface area contributed by atoms with Gasteiger partial charge in [-0.3, -0.25) is 9.36 Å². The van der Waals surface area contributed by atoms with Crippen LogP contribution in [-0.2, 0) is 6.42 Å². The Kier molecular flexibility index (Phi) is 3.75. The molecule has 0 radical (unpaired) electrons. The molecule has 0 saturated carbocycles. The van der Waals surface area contributed by atoms with Crippen LogP contribution in [0.5, 0.6) is 0 Å². The van der Waals surface area contributed by atoms with Gasteiger partial charge in [0, 0.05) is 18.2 Å². The van der Waals surface area contributed by atoms with Crippen LogP contribution < -0.4 is 0 Å². The molecule has 0 atom stereocenters. The maximum atomic E-state index is 12.3. The Morgan fingerprint density at radius 1 is 1.26 bits per heavy atom. The van der Waals surface area contributed by atoms with Gasteiger partial charge < -0.3 is 5.11 Å². The van der Waals surface area contributed by atoms with Gasteiger partial charge in [0.05, 0.1) is 0 Å². The second-order valence-corrected chi connectivity index (χ2v) is 4.14. The minimum atomic E-state index is -1.13. The Bertz CT molecular complexity index is 602.